The molecule has 2 aromatic rings. The van der Waals surface area contributed by atoms with Gasteiger partial charge in [-0.15, -0.1) is 0 Å². The molecule has 0 aliphatic heterocycles. The van der Waals surface area contributed by atoms with Crippen LogP contribution in [-0.2, 0) is 6.54 Å². The van der Waals surface area contributed by atoms with Crippen LogP contribution in [0, 0.1) is 5.82 Å². The van der Waals surface area contributed by atoms with Crippen molar-refractivity contribution in [1.82, 2.24) is 0 Å². The number of amides is 2. The summed E-state index contributed by atoms with van der Waals surface area (Å²) in [5.74, 6) is -0.279. The average molecular weight is 338 g/mol. The first kappa shape index (κ1) is 14.3. The van der Waals surface area contributed by atoms with E-state index in [4.69, 9.17) is 5.73 Å². The van der Waals surface area contributed by atoms with Gasteiger partial charge in [-0.05, 0) is 30.3 Å². The van der Waals surface area contributed by atoms with Crippen molar-refractivity contribution in [3.8, 4) is 0 Å². The number of hydrogen-bond donors (Lipinski definition) is 3. The maximum atomic E-state index is 13.7. The highest BCUT2D eigenvalue weighted by Gasteiger charge is 2.03. The molecule has 0 aromatic heterocycles. The highest BCUT2D eigenvalue weighted by Crippen LogP contribution is 2.18. The van der Waals surface area contributed by atoms with Crippen LogP contribution in [0.3, 0.4) is 0 Å². The Hall–Kier alpha value is -2.08. The van der Waals surface area contributed by atoms with Crippen molar-refractivity contribution >= 4 is 33.3 Å². The van der Waals surface area contributed by atoms with Gasteiger partial charge in [0.15, 0.2) is 0 Å². The van der Waals surface area contributed by atoms with E-state index in [0.29, 0.717) is 22.3 Å². The molecule has 104 valence electrons. The molecule has 0 bridgehead atoms. The molecule has 6 heteroatoms. The Balaban J connectivity index is 2.05. The maximum Gasteiger partial charge on any atom is 0.316 e. The molecule has 0 fully saturated rings. The van der Waals surface area contributed by atoms with Crippen LogP contribution in [0.5, 0.6) is 0 Å². The zero-order valence-electron chi connectivity index (χ0n) is 10.5. The number of rotatable bonds is 4. The molecule has 0 atom stereocenters. The molecule has 0 heterocycles. The summed E-state index contributed by atoms with van der Waals surface area (Å²) in [7, 11) is 0. The molecule has 0 spiro atoms. The fourth-order valence-corrected chi connectivity index (χ4v) is 2.04. The highest BCUT2D eigenvalue weighted by atomic mass is 79.9. The van der Waals surface area contributed by atoms with Gasteiger partial charge in [0.25, 0.3) is 0 Å². The summed E-state index contributed by atoms with van der Waals surface area (Å²) in [6.07, 6.45) is 0. The van der Waals surface area contributed by atoms with Crippen molar-refractivity contribution in [3.63, 3.8) is 0 Å². The maximum absolute atomic E-state index is 13.7. The second-order valence-corrected chi connectivity index (χ2v) is 5.08. The lowest BCUT2D eigenvalue weighted by Crippen LogP contribution is -2.19. The van der Waals surface area contributed by atoms with E-state index in [9.17, 15) is 9.18 Å². The molecule has 0 saturated heterocycles. The van der Waals surface area contributed by atoms with E-state index in [1.165, 1.54) is 6.07 Å². The van der Waals surface area contributed by atoms with E-state index in [2.05, 4.69) is 26.6 Å². The summed E-state index contributed by atoms with van der Waals surface area (Å²) in [4.78, 5) is 10.8. The topological polar surface area (TPSA) is 67.2 Å². The Morgan fingerprint density at radius 1 is 1.20 bits per heavy atom. The first-order chi connectivity index (χ1) is 9.54. The number of halogens is 2. The van der Waals surface area contributed by atoms with E-state index in [1.807, 2.05) is 6.07 Å². The third kappa shape index (κ3) is 3.96. The predicted octanol–water partition coefficient (Wildman–Crippen LogP) is 3.69. The Morgan fingerprint density at radius 3 is 2.65 bits per heavy atom. The first-order valence-electron chi connectivity index (χ1n) is 5.89. The van der Waals surface area contributed by atoms with Gasteiger partial charge < -0.3 is 16.4 Å². The Bertz CT molecular complexity index is 634. The number of primary amides is 1. The summed E-state index contributed by atoms with van der Waals surface area (Å²) in [5.41, 5.74) is 6.95. The van der Waals surface area contributed by atoms with Gasteiger partial charge in [-0.1, -0.05) is 28.1 Å². The van der Waals surface area contributed by atoms with Gasteiger partial charge in [-0.2, -0.15) is 0 Å². The Kier molecular flexibility index (Phi) is 4.57. The monoisotopic (exact) mass is 337 g/mol. The molecule has 2 amide bonds. The molecule has 4 N–H and O–H groups in total. The SMILES string of the molecule is NC(=O)Nc1cccc(NCc2ccc(Br)cc2F)c1. The summed E-state index contributed by atoms with van der Waals surface area (Å²) in [6.45, 7) is 0.346. The van der Waals surface area contributed by atoms with Crippen LogP contribution >= 0.6 is 15.9 Å². The molecular weight excluding hydrogens is 325 g/mol. The number of carbonyl (C=O) groups is 1. The van der Waals surface area contributed by atoms with Crippen molar-refractivity contribution in [2.75, 3.05) is 10.6 Å². The fourth-order valence-electron chi connectivity index (χ4n) is 1.71. The van der Waals surface area contributed by atoms with Crippen molar-refractivity contribution < 1.29 is 9.18 Å². The third-order valence-electron chi connectivity index (χ3n) is 2.63. The minimum atomic E-state index is -0.624. The third-order valence-corrected chi connectivity index (χ3v) is 3.12. The first-order valence-corrected chi connectivity index (χ1v) is 6.68. The lowest BCUT2D eigenvalue weighted by Gasteiger charge is -2.09. The largest absolute Gasteiger partial charge is 0.381 e. The minimum absolute atomic E-state index is 0.279. The van der Waals surface area contributed by atoms with Crippen LogP contribution in [0.4, 0.5) is 20.6 Å². The summed E-state index contributed by atoms with van der Waals surface area (Å²) in [5, 5.41) is 5.57. The number of anilines is 2. The minimum Gasteiger partial charge on any atom is -0.381 e. The average Bonchev–Trinajstić information content (AvgIpc) is 2.37. The van der Waals surface area contributed by atoms with Gasteiger partial charge in [-0.3, -0.25) is 0 Å². The molecule has 0 unspecified atom stereocenters. The second-order valence-electron chi connectivity index (χ2n) is 4.16. The number of urea groups is 1. The van der Waals surface area contributed by atoms with Crippen LogP contribution in [0.2, 0.25) is 0 Å². The van der Waals surface area contributed by atoms with E-state index in [0.717, 1.165) is 5.69 Å². The van der Waals surface area contributed by atoms with Crippen LogP contribution < -0.4 is 16.4 Å². The number of carbonyl (C=O) groups excluding carboxylic acids is 1. The molecule has 2 rings (SSSR count). The molecule has 0 radical (unpaired) electrons. The van der Waals surface area contributed by atoms with Crippen LogP contribution in [0.1, 0.15) is 5.56 Å². The van der Waals surface area contributed by atoms with Gasteiger partial charge in [-0.25, -0.2) is 9.18 Å². The molecule has 0 aliphatic rings. The zero-order valence-corrected chi connectivity index (χ0v) is 12.1. The van der Waals surface area contributed by atoms with Crippen LogP contribution in [0.25, 0.3) is 0 Å². The number of benzene rings is 2. The molecule has 20 heavy (non-hydrogen) atoms. The van der Waals surface area contributed by atoms with Crippen molar-refractivity contribution in [2.45, 2.75) is 6.54 Å². The number of hydrogen-bond acceptors (Lipinski definition) is 2. The van der Waals surface area contributed by atoms with E-state index >= 15 is 0 Å². The van der Waals surface area contributed by atoms with Crippen LogP contribution in [0.15, 0.2) is 46.9 Å². The second kappa shape index (κ2) is 6.38. The summed E-state index contributed by atoms with van der Waals surface area (Å²) >= 11 is 3.21. The smallest absolute Gasteiger partial charge is 0.316 e. The molecule has 0 saturated carbocycles. The van der Waals surface area contributed by atoms with Gasteiger partial charge >= 0.3 is 6.03 Å². The summed E-state index contributed by atoms with van der Waals surface area (Å²) < 4.78 is 14.4. The van der Waals surface area contributed by atoms with Crippen molar-refractivity contribution in [2.24, 2.45) is 5.73 Å². The molecule has 0 aliphatic carbocycles. The standard InChI is InChI=1S/C14H13BrFN3O/c15-10-5-4-9(13(16)6-10)8-18-11-2-1-3-12(7-11)19-14(17)20/h1-7,18H,8H2,(H3,17,19,20). The lowest BCUT2D eigenvalue weighted by atomic mass is 10.2. The number of nitrogens with one attached hydrogen (secondary N) is 2. The van der Waals surface area contributed by atoms with Gasteiger partial charge in [0.05, 0.1) is 0 Å². The highest BCUT2D eigenvalue weighted by molar-refractivity contribution is 9.10. The molecule has 2 aromatic carbocycles. The normalized spacial score (nSPS) is 10.1. The van der Waals surface area contributed by atoms with E-state index in [1.54, 1.807) is 30.3 Å². The van der Waals surface area contributed by atoms with Gasteiger partial charge in [0.1, 0.15) is 5.82 Å². The summed E-state index contributed by atoms with van der Waals surface area (Å²) in [6, 6.07) is 11.3. The Morgan fingerprint density at radius 2 is 1.95 bits per heavy atom. The Labute approximate surface area is 124 Å². The quantitative estimate of drug-likeness (QED) is 0.796. The van der Waals surface area contributed by atoms with Gasteiger partial charge in [0, 0.05) is 28.0 Å². The van der Waals surface area contributed by atoms with Crippen molar-refractivity contribution in [1.29, 1.82) is 0 Å². The molecular formula is C14H13BrFN3O. The predicted molar refractivity (Wildman–Crippen MR) is 81.1 cm³/mol. The van der Waals surface area contributed by atoms with E-state index in [-0.39, 0.29) is 5.82 Å². The fraction of sp³-hybridized carbons (Fsp3) is 0.0714. The zero-order chi connectivity index (χ0) is 14.5. The lowest BCUT2D eigenvalue weighted by molar-refractivity contribution is 0.259. The van der Waals surface area contributed by atoms with E-state index < -0.39 is 6.03 Å². The number of nitrogens with two attached hydrogens (primary N) is 1. The van der Waals surface area contributed by atoms with Crippen LogP contribution in [-0.4, -0.2) is 6.03 Å². The van der Waals surface area contributed by atoms with Gasteiger partial charge in [0.2, 0.25) is 0 Å². The molecule has 4 nitrogen and oxygen atoms in total. The van der Waals surface area contributed by atoms with Crippen molar-refractivity contribution in [3.05, 3.63) is 58.3 Å².